The molecule has 0 aliphatic heterocycles. The molecule has 0 unspecified atom stereocenters. The number of Topliss-reactive ketones (excluding diaryl/α,β-unsaturated/α-hetero) is 1. The van der Waals surface area contributed by atoms with E-state index in [0.29, 0.717) is 28.4 Å². The maximum atomic E-state index is 12.1. The molecule has 1 amide bonds. The number of carbonyl (C=O) groups excluding carboxylic acids is 2. The van der Waals surface area contributed by atoms with Crippen molar-refractivity contribution in [3.63, 3.8) is 0 Å². The smallest absolute Gasteiger partial charge is 0.410 e. The van der Waals surface area contributed by atoms with Crippen LogP contribution >= 0.6 is 0 Å². The molecule has 25 heavy (non-hydrogen) atoms. The molecule has 0 spiro atoms. The summed E-state index contributed by atoms with van der Waals surface area (Å²) in [6.45, 7) is 1.44. The summed E-state index contributed by atoms with van der Waals surface area (Å²) >= 11 is 0. The molecule has 0 radical (unpaired) electrons. The van der Waals surface area contributed by atoms with Gasteiger partial charge in [-0.3, -0.25) is 10.1 Å². The minimum Gasteiger partial charge on any atom is -0.410 e. The van der Waals surface area contributed by atoms with Gasteiger partial charge in [0.1, 0.15) is 5.75 Å². The maximum absolute atomic E-state index is 12.1. The minimum absolute atomic E-state index is 0.142. The third-order valence-electron chi connectivity index (χ3n) is 3.42. The van der Waals surface area contributed by atoms with Crippen LogP contribution in [0.25, 0.3) is 11.4 Å². The Kier molecular flexibility index (Phi) is 4.51. The van der Waals surface area contributed by atoms with Crippen molar-refractivity contribution < 1.29 is 14.3 Å². The van der Waals surface area contributed by atoms with E-state index >= 15 is 0 Å². The van der Waals surface area contributed by atoms with E-state index in [1.807, 2.05) is 6.07 Å². The fourth-order valence-electron chi connectivity index (χ4n) is 2.25. The second kappa shape index (κ2) is 6.91. The van der Waals surface area contributed by atoms with Crippen molar-refractivity contribution in [1.82, 2.24) is 20.2 Å². The number of benzene rings is 2. The highest BCUT2D eigenvalue weighted by atomic mass is 16.6. The fourth-order valence-corrected chi connectivity index (χ4v) is 2.25. The zero-order valence-electron chi connectivity index (χ0n) is 13.6. The van der Waals surface area contributed by atoms with E-state index in [1.54, 1.807) is 49.5 Å². The van der Waals surface area contributed by atoms with Crippen LogP contribution in [0.3, 0.4) is 0 Å². The Hall–Kier alpha value is -3.55. The summed E-state index contributed by atoms with van der Waals surface area (Å²) in [5, 5.41) is 13.9. The molecule has 8 heteroatoms. The van der Waals surface area contributed by atoms with Crippen molar-refractivity contribution >= 4 is 17.6 Å². The van der Waals surface area contributed by atoms with Crippen LogP contribution < -0.4 is 10.1 Å². The maximum Gasteiger partial charge on any atom is 0.417 e. The van der Waals surface area contributed by atoms with Gasteiger partial charge < -0.3 is 4.74 Å². The number of ketones is 1. The van der Waals surface area contributed by atoms with E-state index in [-0.39, 0.29) is 5.78 Å². The number of aromatic nitrogens is 4. The van der Waals surface area contributed by atoms with Crippen LogP contribution in [0, 0.1) is 0 Å². The number of amides is 1. The molecule has 2 aromatic carbocycles. The summed E-state index contributed by atoms with van der Waals surface area (Å²) in [5.74, 6) is 0.750. The molecular weight excluding hydrogens is 322 g/mol. The minimum atomic E-state index is -0.658. The number of para-hydroxylation sites is 1. The highest BCUT2D eigenvalue weighted by molar-refractivity contribution is 5.97. The predicted molar refractivity (Wildman–Crippen MR) is 90.3 cm³/mol. The number of ether oxygens (including phenoxy) is 1. The van der Waals surface area contributed by atoms with Crippen molar-refractivity contribution in [2.24, 2.45) is 7.05 Å². The third-order valence-corrected chi connectivity index (χ3v) is 3.42. The highest BCUT2D eigenvalue weighted by Crippen LogP contribution is 2.23. The summed E-state index contributed by atoms with van der Waals surface area (Å²) in [7, 11) is 1.69. The molecule has 0 bridgehead atoms. The van der Waals surface area contributed by atoms with Crippen LogP contribution in [0.2, 0.25) is 0 Å². The lowest BCUT2D eigenvalue weighted by Crippen LogP contribution is -2.17. The first kappa shape index (κ1) is 16.3. The van der Waals surface area contributed by atoms with Crippen molar-refractivity contribution in [3.8, 4) is 17.1 Å². The molecule has 8 nitrogen and oxygen atoms in total. The van der Waals surface area contributed by atoms with E-state index < -0.39 is 6.09 Å². The van der Waals surface area contributed by atoms with E-state index in [9.17, 15) is 9.59 Å². The Morgan fingerprint density at radius 2 is 1.88 bits per heavy atom. The highest BCUT2D eigenvalue weighted by Gasteiger charge is 2.13. The molecule has 3 aromatic rings. The van der Waals surface area contributed by atoms with Crippen LogP contribution in [-0.2, 0) is 7.05 Å². The van der Waals surface area contributed by atoms with Gasteiger partial charge in [0.2, 0.25) is 0 Å². The van der Waals surface area contributed by atoms with Gasteiger partial charge in [0.25, 0.3) is 0 Å². The van der Waals surface area contributed by atoms with Gasteiger partial charge in [-0.2, -0.15) is 0 Å². The number of rotatable bonds is 4. The largest absolute Gasteiger partial charge is 0.417 e. The molecule has 1 heterocycles. The molecular formula is C17H15N5O3. The Morgan fingerprint density at radius 3 is 2.52 bits per heavy atom. The molecule has 0 atom stereocenters. The number of hydrogen-bond donors (Lipinski definition) is 1. The van der Waals surface area contributed by atoms with Gasteiger partial charge in [-0.1, -0.05) is 18.2 Å². The molecule has 3 rings (SSSR count). The molecule has 0 saturated heterocycles. The Labute approximate surface area is 143 Å². The molecule has 0 aliphatic carbocycles. The van der Waals surface area contributed by atoms with E-state index in [1.165, 1.54) is 11.6 Å². The van der Waals surface area contributed by atoms with Gasteiger partial charge >= 0.3 is 6.09 Å². The van der Waals surface area contributed by atoms with Crippen LogP contribution in [0.1, 0.15) is 17.3 Å². The standard InChI is InChI=1S/C17H15N5O3/c1-11(23)12-8-13(16-19-20-21-22(16)2)10-14(9-12)18-17(24)25-15-6-4-3-5-7-15/h3-10H,1-2H3,(H,18,24). The van der Waals surface area contributed by atoms with Crippen molar-refractivity contribution in [2.45, 2.75) is 6.92 Å². The normalized spacial score (nSPS) is 10.3. The fraction of sp³-hybridized carbons (Fsp3) is 0.118. The number of aryl methyl sites for hydroxylation is 1. The lowest BCUT2D eigenvalue weighted by atomic mass is 10.1. The van der Waals surface area contributed by atoms with Crippen LogP contribution in [0.5, 0.6) is 5.75 Å². The molecule has 0 aliphatic rings. The first-order chi connectivity index (χ1) is 12.0. The summed E-state index contributed by atoms with van der Waals surface area (Å²) in [5.41, 5.74) is 1.44. The van der Waals surface area contributed by atoms with Crippen molar-refractivity contribution in [1.29, 1.82) is 0 Å². The summed E-state index contributed by atoms with van der Waals surface area (Å²) in [4.78, 5) is 23.8. The summed E-state index contributed by atoms with van der Waals surface area (Å²) in [6.07, 6.45) is -0.658. The first-order valence-electron chi connectivity index (χ1n) is 7.45. The number of tetrazole rings is 1. The predicted octanol–water partition coefficient (Wildman–Crippen LogP) is 2.69. The summed E-state index contributed by atoms with van der Waals surface area (Å²) < 4.78 is 6.67. The molecule has 0 fully saturated rings. The number of anilines is 1. The number of nitrogens with zero attached hydrogens (tertiary/aromatic N) is 4. The zero-order chi connectivity index (χ0) is 17.8. The average molecular weight is 337 g/mol. The van der Waals surface area contributed by atoms with Gasteiger partial charge in [0, 0.05) is 23.9 Å². The summed E-state index contributed by atoms with van der Waals surface area (Å²) in [6, 6.07) is 13.6. The number of hydrogen-bond acceptors (Lipinski definition) is 6. The quantitative estimate of drug-likeness (QED) is 0.735. The van der Waals surface area contributed by atoms with E-state index in [4.69, 9.17) is 4.74 Å². The average Bonchev–Trinajstić information content (AvgIpc) is 3.01. The number of carbonyl (C=O) groups is 2. The van der Waals surface area contributed by atoms with Crippen molar-refractivity contribution in [3.05, 3.63) is 54.1 Å². The Morgan fingerprint density at radius 1 is 1.12 bits per heavy atom. The second-order valence-corrected chi connectivity index (χ2v) is 5.31. The topological polar surface area (TPSA) is 99.0 Å². The van der Waals surface area contributed by atoms with Crippen LogP contribution in [0.4, 0.5) is 10.5 Å². The Balaban J connectivity index is 1.88. The molecule has 1 aromatic heterocycles. The molecule has 126 valence electrons. The third kappa shape index (κ3) is 3.86. The lowest BCUT2D eigenvalue weighted by Gasteiger charge is -2.10. The van der Waals surface area contributed by atoms with Gasteiger partial charge in [0.15, 0.2) is 11.6 Å². The van der Waals surface area contributed by atoms with Crippen LogP contribution in [-0.4, -0.2) is 32.1 Å². The SMILES string of the molecule is CC(=O)c1cc(NC(=O)Oc2ccccc2)cc(-c2nnnn2C)c1. The number of nitrogens with one attached hydrogen (secondary N) is 1. The zero-order valence-corrected chi connectivity index (χ0v) is 13.6. The van der Waals surface area contributed by atoms with Gasteiger partial charge in [-0.25, -0.2) is 9.48 Å². The van der Waals surface area contributed by atoms with Crippen LogP contribution in [0.15, 0.2) is 48.5 Å². The molecule has 1 N–H and O–H groups in total. The van der Waals surface area contributed by atoms with Gasteiger partial charge in [-0.15, -0.1) is 5.10 Å². The van der Waals surface area contributed by atoms with E-state index in [2.05, 4.69) is 20.8 Å². The monoisotopic (exact) mass is 337 g/mol. The lowest BCUT2D eigenvalue weighted by molar-refractivity contribution is 0.101. The second-order valence-electron chi connectivity index (χ2n) is 5.31. The van der Waals surface area contributed by atoms with Gasteiger partial charge in [-0.05, 0) is 47.7 Å². The van der Waals surface area contributed by atoms with Gasteiger partial charge in [0.05, 0.1) is 0 Å². The first-order valence-corrected chi connectivity index (χ1v) is 7.45. The van der Waals surface area contributed by atoms with E-state index in [0.717, 1.165) is 0 Å². The van der Waals surface area contributed by atoms with Crippen molar-refractivity contribution in [2.75, 3.05) is 5.32 Å². The molecule has 0 saturated carbocycles. The Bertz CT molecular complexity index is 921.